The molecule has 4 aromatic rings. The number of pyridine rings is 1. The lowest BCUT2D eigenvalue weighted by Gasteiger charge is -2.19. The van der Waals surface area contributed by atoms with E-state index < -0.39 is 45.7 Å². The van der Waals surface area contributed by atoms with Gasteiger partial charge in [0.2, 0.25) is 5.95 Å². The summed E-state index contributed by atoms with van der Waals surface area (Å²) in [5, 5.41) is 3.78. The average molecular weight is 688 g/mol. The van der Waals surface area contributed by atoms with Crippen LogP contribution in [0.1, 0.15) is 63.4 Å². The Morgan fingerprint density at radius 1 is 0.936 bits per heavy atom. The number of alkyl halides is 3. The van der Waals surface area contributed by atoms with Crippen LogP contribution in [0, 0.1) is 0 Å². The van der Waals surface area contributed by atoms with Gasteiger partial charge in [-0.3, -0.25) is 14.6 Å². The molecule has 246 valence electrons. The third-order valence-corrected chi connectivity index (χ3v) is 9.22. The maximum Gasteiger partial charge on any atom is 0.422 e. The number of carbonyl (C=O) groups excluding carboxylic acids is 2. The van der Waals surface area contributed by atoms with E-state index in [0.29, 0.717) is 16.1 Å². The number of sulfone groups is 1. The minimum Gasteiger partial charge on any atom is -0.454 e. The Morgan fingerprint density at radius 2 is 1.66 bits per heavy atom. The monoisotopic (exact) mass is 687 g/mol. The minimum atomic E-state index is -4.60. The second-order valence-electron chi connectivity index (χ2n) is 11.1. The van der Waals surface area contributed by atoms with Crippen LogP contribution in [0.5, 0.6) is 6.01 Å². The van der Waals surface area contributed by atoms with Gasteiger partial charge >= 0.3 is 12.2 Å². The number of nitrogens with zero attached hydrogens (tertiary/aromatic N) is 4. The van der Waals surface area contributed by atoms with Gasteiger partial charge in [-0.2, -0.15) is 28.1 Å². The zero-order chi connectivity index (χ0) is 33.7. The fraction of sp³-hybridized carbons (Fsp3) is 0.312. The van der Waals surface area contributed by atoms with Gasteiger partial charge in [-0.15, -0.1) is 0 Å². The Hall–Kier alpha value is -4.43. The maximum absolute atomic E-state index is 12.9. The van der Waals surface area contributed by atoms with E-state index in [2.05, 4.69) is 25.3 Å². The molecule has 1 fully saturated rings. The highest BCUT2D eigenvalue weighted by Crippen LogP contribution is 2.48. The highest BCUT2D eigenvalue weighted by atomic mass is 35.5. The van der Waals surface area contributed by atoms with E-state index in [9.17, 15) is 31.2 Å². The maximum atomic E-state index is 12.9. The van der Waals surface area contributed by atoms with Crippen molar-refractivity contribution in [1.82, 2.24) is 19.9 Å². The Balaban J connectivity index is 1.23. The normalized spacial score (nSPS) is 14.0. The van der Waals surface area contributed by atoms with Gasteiger partial charge in [0, 0.05) is 41.4 Å². The third-order valence-electron chi connectivity index (χ3n) is 7.36. The van der Waals surface area contributed by atoms with Gasteiger partial charge < -0.3 is 10.1 Å². The van der Waals surface area contributed by atoms with Crippen molar-refractivity contribution < 1.29 is 35.9 Å². The molecule has 10 nitrogen and oxygen atoms in total. The number of benzene rings is 2. The van der Waals surface area contributed by atoms with Gasteiger partial charge in [-0.05, 0) is 54.7 Å². The first kappa shape index (κ1) is 33.9. The Morgan fingerprint density at radius 3 is 2.30 bits per heavy atom. The molecule has 2 aromatic heterocycles. The second-order valence-corrected chi connectivity index (χ2v) is 13.8. The molecule has 0 amide bonds. The molecule has 0 atom stereocenters. The highest BCUT2D eigenvalue weighted by Gasteiger charge is 2.45. The average Bonchev–Trinajstić information content (AvgIpc) is 3.80. The van der Waals surface area contributed by atoms with Gasteiger partial charge in [0.15, 0.2) is 28.0 Å². The molecule has 0 saturated heterocycles. The smallest absolute Gasteiger partial charge is 0.422 e. The van der Waals surface area contributed by atoms with Crippen molar-refractivity contribution in [2.24, 2.45) is 0 Å². The van der Waals surface area contributed by atoms with Crippen molar-refractivity contribution in [2.75, 3.05) is 23.4 Å². The summed E-state index contributed by atoms with van der Waals surface area (Å²) < 4.78 is 68.6. The van der Waals surface area contributed by atoms with Crippen LogP contribution in [0.3, 0.4) is 0 Å². The molecule has 2 aromatic carbocycles. The van der Waals surface area contributed by atoms with E-state index >= 15 is 0 Å². The minimum absolute atomic E-state index is 0.00714. The summed E-state index contributed by atoms with van der Waals surface area (Å²) in [6.07, 6.45) is -0.0469. The first-order valence-corrected chi connectivity index (χ1v) is 16.7. The van der Waals surface area contributed by atoms with Crippen molar-refractivity contribution in [2.45, 2.75) is 43.8 Å². The largest absolute Gasteiger partial charge is 0.454 e. The quantitative estimate of drug-likeness (QED) is 0.152. The summed E-state index contributed by atoms with van der Waals surface area (Å²) in [5.41, 5.74) is 1.57. The summed E-state index contributed by atoms with van der Waals surface area (Å²) in [7, 11) is -3.78. The van der Waals surface area contributed by atoms with E-state index in [0.717, 1.165) is 18.4 Å². The summed E-state index contributed by atoms with van der Waals surface area (Å²) in [4.78, 5) is 41.4. The van der Waals surface area contributed by atoms with Gasteiger partial charge in [0.1, 0.15) is 11.6 Å². The second kappa shape index (κ2) is 14.1. The molecule has 0 spiro atoms. The van der Waals surface area contributed by atoms with E-state index in [1.165, 1.54) is 24.5 Å². The first-order valence-electron chi connectivity index (χ1n) is 14.5. The standard InChI is InChI=1S/C32H29ClF3N5O5S/c33-25-11-9-24(10-12-25)31(13-14-31)41-29-38-28(39-30(40-29)46-20-32(34,35)36)17-21-5-7-22(8-6-21)27(43)19-47(44,45)16-2-4-26(42)23-3-1-15-37-18-23/h1,3,5-12,15,18H,2,4,13-14,16-17,19-20H2,(H,38,39,40,41). The molecular formula is C32H29ClF3N5O5S. The zero-order valence-corrected chi connectivity index (χ0v) is 26.4. The fourth-order valence-electron chi connectivity index (χ4n) is 4.81. The summed E-state index contributed by atoms with van der Waals surface area (Å²) in [6, 6.07) is 16.0. The molecule has 47 heavy (non-hydrogen) atoms. The molecule has 0 bridgehead atoms. The number of carbonyl (C=O) groups is 2. The molecule has 1 N–H and O–H groups in total. The molecule has 0 aliphatic heterocycles. The van der Waals surface area contributed by atoms with E-state index in [1.807, 2.05) is 12.1 Å². The molecule has 5 rings (SSSR count). The molecule has 1 aliphatic carbocycles. The number of anilines is 1. The van der Waals surface area contributed by atoms with Crippen LogP contribution in [0.2, 0.25) is 5.02 Å². The highest BCUT2D eigenvalue weighted by molar-refractivity contribution is 7.92. The number of ether oxygens (including phenoxy) is 1. The van der Waals surface area contributed by atoms with Crippen LogP contribution in [-0.4, -0.2) is 64.2 Å². The summed E-state index contributed by atoms with van der Waals surface area (Å²) in [6.45, 7) is -1.58. The van der Waals surface area contributed by atoms with Crippen molar-refractivity contribution in [3.8, 4) is 6.01 Å². The van der Waals surface area contributed by atoms with Crippen LogP contribution < -0.4 is 10.1 Å². The third kappa shape index (κ3) is 9.78. The predicted molar refractivity (Wildman–Crippen MR) is 167 cm³/mol. The predicted octanol–water partition coefficient (Wildman–Crippen LogP) is 5.81. The van der Waals surface area contributed by atoms with E-state index in [4.69, 9.17) is 16.3 Å². The first-order chi connectivity index (χ1) is 22.3. The number of hydrogen-bond acceptors (Lipinski definition) is 10. The SMILES string of the molecule is O=C(CCCS(=O)(=O)CC(=O)c1ccc(Cc2nc(NC3(c4ccc(Cl)cc4)CC3)nc(OCC(F)(F)F)n2)cc1)c1cccnc1. The number of rotatable bonds is 15. The lowest BCUT2D eigenvalue weighted by Crippen LogP contribution is -2.23. The molecule has 1 saturated carbocycles. The van der Waals surface area contributed by atoms with Crippen molar-refractivity contribution in [3.05, 3.63) is 106 Å². The summed E-state index contributed by atoms with van der Waals surface area (Å²) >= 11 is 6.01. The number of Topliss-reactive ketones (excluding diaryl/α,β-unsaturated/α-hetero) is 2. The molecule has 0 radical (unpaired) electrons. The molecule has 1 aliphatic rings. The van der Waals surface area contributed by atoms with Crippen LogP contribution >= 0.6 is 11.6 Å². The number of nitrogens with one attached hydrogen (secondary N) is 1. The van der Waals surface area contributed by atoms with Crippen LogP contribution in [-0.2, 0) is 21.8 Å². The lowest BCUT2D eigenvalue weighted by molar-refractivity contribution is -0.154. The Labute approximate surface area is 273 Å². The van der Waals surface area contributed by atoms with Crippen LogP contribution in [0.15, 0.2) is 73.1 Å². The number of hydrogen-bond donors (Lipinski definition) is 1. The zero-order valence-electron chi connectivity index (χ0n) is 24.8. The molecule has 2 heterocycles. The van der Waals surface area contributed by atoms with Gasteiger partial charge in [-0.25, -0.2) is 8.42 Å². The molecule has 0 unspecified atom stereocenters. The topological polar surface area (TPSA) is 141 Å². The Kier molecular flexibility index (Phi) is 10.2. The molecule has 15 heteroatoms. The fourth-order valence-corrected chi connectivity index (χ4v) is 6.23. The van der Waals surface area contributed by atoms with Crippen molar-refractivity contribution in [1.29, 1.82) is 0 Å². The van der Waals surface area contributed by atoms with Crippen LogP contribution in [0.4, 0.5) is 19.1 Å². The van der Waals surface area contributed by atoms with E-state index in [1.54, 1.807) is 36.4 Å². The summed E-state index contributed by atoms with van der Waals surface area (Å²) in [5.74, 6) is -1.72. The molecular weight excluding hydrogens is 659 g/mol. The van der Waals surface area contributed by atoms with Gasteiger partial charge in [0.25, 0.3) is 0 Å². The number of ketones is 2. The van der Waals surface area contributed by atoms with Crippen LogP contribution in [0.25, 0.3) is 0 Å². The number of halogens is 4. The van der Waals surface area contributed by atoms with Crippen molar-refractivity contribution in [3.63, 3.8) is 0 Å². The lowest BCUT2D eigenvalue weighted by atomic mass is 10.1. The Bertz CT molecular complexity index is 1840. The van der Waals surface area contributed by atoms with Gasteiger partial charge in [-0.1, -0.05) is 48.0 Å². The van der Waals surface area contributed by atoms with Gasteiger partial charge in [0.05, 0.1) is 11.3 Å². The number of aromatic nitrogens is 4. The van der Waals surface area contributed by atoms with E-state index in [-0.39, 0.29) is 48.1 Å². The van der Waals surface area contributed by atoms with Crippen molar-refractivity contribution >= 4 is 39.0 Å².